The number of hydrogen-bond donors (Lipinski definition) is 1. The van der Waals surface area contributed by atoms with Crippen molar-refractivity contribution in [3.8, 4) is 11.8 Å². The molecule has 0 unspecified atom stereocenters. The molecule has 6 heteroatoms. The molecule has 0 fully saturated rings. The van der Waals surface area contributed by atoms with E-state index in [0.29, 0.717) is 5.75 Å². The fourth-order valence-electron chi connectivity index (χ4n) is 1.59. The average molecular weight is 418 g/mol. The number of carbonyl (C=O) groups excluding carboxylic acids is 1. The second-order valence-electron chi connectivity index (χ2n) is 5.36. The predicted octanol–water partition coefficient (Wildman–Crippen LogP) is 3.95. The van der Waals surface area contributed by atoms with E-state index in [1.54, 1.807) is 6.92 Å². The molecule has 1 aromatic rings. The van der Waals surface area contributed by atoms with Crippen molar-refractivity contribution in [2.75, 3.05) is 6.61 Å². The maximum atomic E-state index is 12.0. The Kier molecular flexibility index (Phi) is 6.24. The van der Waals surface area contributed by atoms with Crippen molar-refractivity contribution < 1.29 is 9.53 Å². The Morgan fingerprint density at radius 2 is 1.95 bits per heavy atom. The van der Waals surface area contributed by atoms with Crippen LogP contribution in [0.5, 0.6) is 5.75 Å². The fraction of sp³-hybridized carbons (Fsp3) is 0.467. The highest BCUT2D eigenvalue weighted by atomic mass is 79.9. The summed E-state index contributed by atoms with van der Waals surface area (Å²) in [6, 6.07) is 5.95. The van der Waals surface area contributed by atoms with E-state index >= 15 is 0 Å². The van der Waals surface area contributed by atoms with Gasteiger partial charge in [-0.1, -0.05) is 13.8 Å². The SMILES string of the molecule is Cc1cc(Br)c(OCC(=O)N[C@@](C)(C#N)C(C)C)c(Br)c1. The Hall–Kier alpha value is -1.06. The largest absolute Gasteiger partial charge is 0.481 e. The second-order valence-corrected chi connectivity index (χ2v) is 7.07. The van der Waals surface area contributed by atoms with Crippen molar-refractivity contribution in [2.24, 2.45) is 5.92 Å². The average Bonchev–Trinajstić information content (AvgIpc) is 2.36. The smallest absolute Gasteiger partial charge is 0.259 e. The number of rotatable bonds is 5. The van der Waals surface area contributed by atoms with Crippen LogP contribution >= 0.6 is 31.9 Å². The van der Waals surface area contributed by atoms with Crippen molar-refractivity contribution in [1.29, 1.82) is 5.26 Å². The van der Waals surface area contributed by atoms with Crippen LogP contribution < -0.4 is 10.1 Å². The number of nitriles is 1. The van der Waals surface area contributed by atoms with Crippen LogP contribution in [0.25, 0.3) is 0 Å². The van der Waals surface area contributed by atoms with Gasteiger partial charge >= 0.3 is 0 Å². The predicted molar refractivity (Wildman–Crippen MR) is 89.1 cm³/mol. The molecule has 0 heterocycles. The quantitative estimate of drug-likeness (QED) is 0.788. The Labute approximate surface area is 142 Å². The molecule has 1 N–H and O–H groups in total. The molecule has 0 saturated heterocycles. The minimum absolute atomic E-state index is 0.00398. The normalized spacial score (nSPS) is 13.4. The number of halogens is 2. The van der Waals surface area contributed by atoms with Crippen molar-refractivity contribution >= 4 is 37.8 Å². The first-order chi connectivity index (χ1) is 9.69. The van der Waals surface area contributed by atoms with E-state index in [4.69, 9.17) is 4.74 Å². The zero-order valence-electron chi connectivity index (χ0n) is 12.5. The van der Waals surface area contributed by atoms with Gasteiger partial charge in [0.25, 0.3) is 5.91 Å². The van der Waals surface area contributed by atoms with Crippen LogP contribution in [0, 0.1) is 24.2 Å². The number of hydrogen-bond acceptors (Lipinski definition) is 3. The summed E-state index contributed by atoms with van der Waals surface area (Å²) in [4.78, 5) is 12.0. The molecule has 0 saturated carbocycles. The van der Waals surface area contributed by atoms with Crippen LogP contribution in [-0.2, 0) is 4.79 Å². The lowest BCUT2D eigenvalue weighted by Gasteiger charge is -2.27. The van der Waals surface area contributed by atoms with Crippen molar-refractivity contribution in [2.45, 2.75) is 33.2 Å². The maximum Gasteiger partial charge on any atom is 0.259 e. The van der Waals surface area contributed by atoms with E-state index in [-0.39, 0.29) is 18.4 Å². The lowest BCUT2D eigenvalue weighted by Crippen LogP contribution is -2.50. The third kappa shape index (κ3) is 4.72. The van der Waals surface area contributed by atoms with Crippen molar-refractivity contribution in [3.63, 3.8) is 0 Å². The number of amides is 1. The van der Waals surface area contributed by atoms with Gasteiger partial charge in [0.2, 0.25) is 0 Å². The first kappa shape index (κ1) is 18.0. The zero-order valence-corrected chi connectivity index (χ0v) is 15.6. The number of nitrogens with zero attached hydrogens (tertiary/aromatic N) is 1. The molecule has 1 rings (SSSR count). The summed E-state index contributed by atoms with van der Waals surface area (Å²) < 4.78 is 7.08. The summed E-state index contributed by atoms with van der Waals surface area (Å²) in [5.74, 6) is 0.246. The van der Waals surface area contributed by atoms with Crippen LogP contribution in [0.2, 0.25) is 0 Å². The minimum atomic E-state index is -0.901. The third-order valence-corrected chi connectivity index (χ3v) is 4.45. The standard InChI is InChI=1S/C15H18Br2N2O2/c1-9(2)15(4,8-18)19-13(20)7-21-14-11(16)5-10(3)6-12(14)17/h5-6,9H,7H2,1-4H3,(H,19,20)/t15-/m0/s1. The highest BCUT2D eigenvalue weighted by Crippen LogP contribution is 2.34. The fourth-order valence-corrected chi connectivity index (χ4v) is 3.23. The van der Waals surface area contributed by atoms with E-state index in [9.17, 15) is 10.1 Å². The molecule has 0 bridgehead atoms. The highest BCUT2D eigenvalue weighted by molar-refractivity contribution is 9.11. The maximum absolute atomic E-state index is 12.0. The second kappa shape index (κ2) is 7.28. The van der Waals surface area contributed by atoms with Gasteiger partial charge in [0.1, 0.15) is 11.3 Å². The van der Waals surface area contributed by atoms with Gasteiger partial charge in [0.15, 0.2) is 6.61 Å². The van der Waals surface area contributed by atoms with Crippen molar-refractivity contribution in [1.82, 2.24) is 5.32 Å². The molecule has 0 aliphatic carbocycles. The molecule has 21 heavy (non-hydrogen) atoms. The third-order valence-electron chi connectivity index (χ3n) is 3.28. The molecule has 114 valence electrons. The van der Waals surface area contributed by atoms with E-state index in [0.717, 1.165) is 14.5 Å². The molecule has 1 aromatic carbocycles. The number of aryl methyl sites for hydroxylation is 1. The first-order valence-electron chi connectivity index (χ1n) is 6.50. The highest BCUT2D eigenvalue weighted by Gasteiger charge is 2.30. The van der Waals surface area contributed by atoms with Gasteiger partial charge in [-0.05, 0) is 69.3 Å². The lowest BCUT2D eigenvalue weighted by molar-refractivity contribution is -0.124. The van der Waals surface area contributed by atoms with Crippen LogP contribution in [-0.4, -0.2) is 18.1 Å². The van der Waals surface area contributed by atoms with E-state index in [2.05, 4.69) is 43.2 Å². The van der Waals surface area contributed by atoms with Crippen LogP contribution in [0.1, 0.15) is 26.3 Å². The summed E-state index contributed by atoms with van der Waals surface area (Å²) in [7, 11) is 0. The number of benzene rings is 1. The summed E-state index contributed by atoms with van der Waals surface area (Å²) >= 11 is 6.81. The molecule has 1 atom stereocenters. The first-order valence-corrected chi connectivity index (χ1v) is 8.09. The monoisotopic (exact) mass is 416 g/mol. The van der Waals surface area contributed by atoms with Gasteiger partial charge in [-0.25, -0.2) is 0 Å². The summed E-state index contributed by atoms with van der Waals surface area (Å²) in [6.45, 7) is 7.29. The Morgan fingerprint density at radius 1 is 1.43 bits per heavy atom. The minimum Gasteiger partial charge on any atom is -0.481 e. The van der Waals surface area contributed by atoms with Crippen molar-refractivity contribution in [3.05, 3.63) is 26.6 Å². The Balaban J connectivity index is 2.73. The van der Waals surface area contributed by atoms with Gasteiger partial charge in [-0.2, -0.15) is 5.26 Å². The molecule has 4 nitrogen and oxygen atoms in total. The van der Waals surface area contributed by atoms with Gasteiger partial charge in [0.05, 0.1) is 15.0 Å². The molecule has 0 aliphatic rings. The summed E-state index contributed by atoms with van der Waals surface area (Å²) in [5, 5.41) is 11.9. The summed E-state index contributed by atoms with van der Waals surface area (Å²) in [5.41, 5.74) is 0.171. The van der Waals surface area contributed by atoms with E-state index in [1.807, 2.05) is 32.9 Å². The lowest BCUT2D eigenvalue weighted by atomic mass is 9.90. The zero-order chi connectivity index (χ0) is 16.2. The summed E-state index contributed by atoms with van der Waals surface area (Å²) in [6.07, 6.45) is 0. The number of nitrogens with one attached hydrogen (secondary N) is 1. The van der Waals surface area contributed by atoms with Crippen LogP contribution in [0.15, 0.2) is 21.1 Å². The molecule has 0 spiro atoms. The molecule has 0 aliphatic heterocycles. The van der Waals surface area contributed by atoms with E-state index in [1.165, 1.54) is 0 Å². The Bertz CT molecular complexity index is 559. The van der Waals surface area contributed by atoms with Crippen LogP contribution in [0.3, 0.4) is 0 Å². The topological polar surface area (TPSA) is 62.1 Å². The van der Waals surface area contributed by atoms with Gasteiger partial charge < -0.3 is 10.1 Å². The number of ether oxygens (including phenoxy) is 1. The van der Waals surface area contributed by atoms with Gasteiger partial charge in [0, 0.05) is 0 Å². The van der Waals surface area contributed by atoms with Crippen LogP contribution in [0.4, 0.5) is 0 Å². The number of carbonyl (C=O) groups is 1. The molecular formula is C15H18Br2N2O2. The Morgan fingerprint density at radius 3 is 2.38 bits per heavy atom. The molecular weight excluding hydrogens is 400 g/mol. The molecule has 1 amide bonds. The van der Waals surface area contributed by atoms with Gasteiger partial charge in [-0.15, -0.1) is 0 Å². The molecule has 0 aromatic heterocycles. The van der Waals surface area contributed by atoms with E-state index < -0.39 is 5.54 Å². The molecule has 0 radical (unpaired) electrons. The van der Waals surface area contributed by atoms with Gasteiger partial charge in [-0.3, -0.25) is 4.79 Å².